The van der Waals surface area contributed by atoms with Crippen molar-refractivity contribution in [2.45, 2.75) is 76.5 Å². The van der Waals surface area contributed by atoms with E-state index in [2.05, 4.69) is 20.8 Å². The molecule has 3 nitrogen and oxygen atoms in total. The number of hydrogen-bond acceptors (Lipinski definition) is 3. The third-order valence-electron chi connectivity index (χ3n) is 4.35. The molecule has 1 saturated carbocycles. The highest BCUT2D eigenvalue weighted by atomic mass is 28.5. The fourth-order valence-electron chi connectivity index (χ4n) is 3.25. The van der Waals surface area contributed by atoms with Crippen LogP contribution in [0.5, 0.6) is 0 Å². The SMILES string of the molecule is CC[SiH]1O[SiH](CC)O[Si](CC)(C2CCCCC2)O1. The van der Waals surface area contributed by atoms with Crippen LogP contribution in [0.2, 0.25) is 23.7 Å². The van der Waals surface area contributed by atoms with Gasteiger partial charge in [0.15, 0.2) is 0 Å². The maximum absolute atomic E-state index is 6.51. The monoisotopic (exact) mass is 304 g/mol. The van der Waals surface area contributed by atoms with Gasteiger partial charge in [-0.05, 0) is 31.0 Å². The standard InChI is InChI=1S/C12H28O3Si3/c1-4-16-13-17(5-2)15-18(6-3,14-16)12-10-8-7-9-11-12/h12,16-17H,4-11H2,1-3H3. The third-order valence-corrected chi connectivity index (χ3v) is 16.2. The molecular weight excluding hydrogens is 276 g/mol. The summed E-state index contributed by atoms with van der Waals surface area (Å²) in [7, 11) is -4.72. The quantitative estimate of drug-likeness (QED) is 0.746. The first-order valence-corrected chi connectivity index (χ1v) is 13.4. The van der Waals surface area contributed by atoms with Gasteiger partial charge in [-0.15, -0.1) is 0 Å². The molecule has 0 aromatic heterocycles. The minimum Gasteiger partial charge on any atom is -0.420 e. The summed E-state index contributed by atoms with van der Waals surface area (Å²) in [6.07, 6.45) is 6.85. The second kappa shape index (κ2) is 6.81. The molecule has 1 aliphatic heterocycles. The van der Waals surface area contributed by atoms with Gasteiger partial charge in [-0.2, -0.15) is 0 Å². The van der Waals surface area contributed by atoms with Gasteiger partial charge in [-0.25, -0.2) is 0 Å². The molecule has 106 valence electrons. The predicted molar refractivity (Wildman–Crippen MR) is 81.6 cm³/mol. The molecule has 0 amide bonds. The van der Waals surface area contributed by atoms with Gasteiger partial charge in [0, 0.05) is 5.54 Å². The summed E-state index contributed by atoms with van der Waals surface area (Å²) in [5.74, 6) is 0. The van der Waals surface area contributed by atoms with Gasteiger partial charge < -0.3 is 12.3 Å². The molecule has 1 saturated heterocycles. The summed E-state index contributed by atoms with van der Waals surface area (Å²) in [6, 6.07) is 3.34. The zero-order chi connectivity index (χ0) is 13.0. The Labute approximate surface area is 116 Å². The molecule has 6 heteroatoms. The Kier molecular flexibility index (Phi) is 5.64. The highest BCUT2D eigenvalue weighted by Crippen LogP contribution is 2.42. The van der Waals surface area contributed by atoms with Crippen LogP contribution in [0.15, 0.2) is 0 Å². The normalized spacial score (nSPS) is 38.8. The predicted octanol–water partition coefficient (Wildman–Crippen LogP) is 3.33. The van der Waals surface area contributed by atoms with E-state index >= 15 is 0 Å². The Bertz CT molecular complexity index is 247. The van der Waals surface area contributed by atoms with Crippen LogP contribution < -0.4 is 0 Å². The van der Waals surface area contributed by atoms with Crippen molar-refractivity contribution in [3.05, 3.63) is 0 Å². The van der Waals surface area contributed by atoms with E-state index in [9.17, 15) is 0 Å². The summed E-state index contributed by atoms with van der Waals surface area (Å²) < 4.78 is 19.1. The minimum atomic E-state index is -1.93. The summed E-state index contributed by atoms with van der Waals surface area (Å²) >= 11 is 0. The topological polar surface area (TPSA) is 27.7 Å². The van der Waals surface area contributed by atoms with E-state index in [1.807, 2.05) is 0 Å². The molecule has 1 heterocycles. The van der Waals surface area contributed by atoms with Crippen LogP contribution in [0.25, 0.3) is 0 Å². The lowest BCUT2D eigenvalue weighted by atomic mass is 10.0. The molecule has 1 aliphatic carbocycles. The van der Waals surface area contributed by atoms with E-state index in [-0.39, 0.29) is 0 Å². The van der Waals surface area contributed by atoms with Crippen molar-refractivity contribution in [1.82, 2.24) is 0 Å². The molecule has 2 aliphatic rings. The van der Waals surface area contributed by atoms with Crippen LogP contribution in [0.4, 0.5) is 0 Å². The van der Waals surface area contributed by atoms with Crippen molar-refractivity contribution in [2.75, 3.05) is 0 Å². The molecule has 0 bridgehead atoms. The van der Waals surface area contributed by atoms with E-state index in [1.165, 1.54) is 32.1 Å². The molecule has 0 N–H and O–H groups in total. The van der Waals surface area contributed by atoms with E-state index < -0.39 is 27.1 Å². The first-order valence-electron chi connectivity index (χ1n) is 7.75. The summed E-state index contributed by atoms with van der Waals surface area (Å²) in [6.45, 7) is 6.73. The molecule has 2 fully saturated rings. The van der Waals surface area contributed by atoms with Crippen molar-refractivity contribution < 1.29 is 12.3 Å². The first-order chi connectivity index (χ1) is 8.74. The Morgan fingerprint density at radius 2 is 1.50 bits per heavy atom. The van der Waals surface area contributed by atoms with Crippen molar-refractivity contribution in [1.29, 1.82) is 0 Å². The fourth-order valence-corrected chi connectivity index (χ4v) is 17.9. The highest BCUT2D eigenvalue weighted by Gasteiger charge is 2.51. The molecule has 0 radical (unpaired) electrons. The molecule has 2 unspecified atom stereocenters. The summed E-state index contributed by atoms with van der Waals surface area (Å²) in [4.78, 5) is 0. The Balaban J connectivity index is 2.12. The van der Waals surface area contributed by atoms with Crippen LogP contribution in [-0.2, 0) is 12.3 Å². The third kappa shape index (κ3) is 3.16. The first kappa shape index (κ1) is 14.9. The average Bonchev–Trinajstić information content (AvgIpc) is 2.47. The van der Waals surface area contributed by atoms with Crippen molar-refractivity contribution in [3.8, 4) is 0 Å². The van der Waals surface area contributed by atoms with E-state index in [0.717, 1.165) is 23.7 Å². The van der Waals surface area contributed by atoms with Gasteiger partial charge >= 0.3 is 27.1 Å². The summed E-state index contributed by atoms with van der Waals surface area (Å²) in [5, 5.41) is 0. The molecule has 2 rings (SSSR count). The molecule has 0 aromatic carbocycles. The fraction of sp³-hybridized carbons (Fsp3) is 1.00. The highest BCUT2D eigenvalue weighted by molar-refractivity contribution is 6.84. The van der Waals surface area contributed by atoms with E-state index in [4.69, 9.17) is 12.3 Å². The Hall–Kier alpha value is 0.531. The van der Waals surface area contributed by atoms with Crippen LogP contribution in [0.1, 0.15) is 52.9 Å². The van der Waals surface area contributed by atoms with Gasteiger partial charge in [-0.1, -0.05) is 40.0 Å². The van der Waals surface area contributed by atoms with E-state index in [1.54, 1.807) is 0 Å². The number of hydrogen-bond donors (Lipinski definition) is 0. The minimum absolute atomic E-state index is 0.753. The summed E-state index contributed by atoms with van der Waals surface area (Å²) in [5.41, 5.74) is 0.753. The van der Waals surface area contributed by atoms with Crippen molar-refractivity contribution in [2.24, 2.45) is 0 Å². The molecular formula is C12H28O3Si3. The van der Waals surface area contributed by atoms with Crippen LogP contribution in [0.3, 0.4) is 0 Å². The molecule has 18 heavy (non-hydrogen) atoms. The maximum atomic E-state index is 6.51. The van der Waals surface area contributed by atoms with Crippen molar-refractivity contribution >= 4 is 27.1 Å². The zero-order valence-electron chi connectivity index (χ0n) is 12.1. The molecule has 2 atom stereocenters. The van der Waals surface area contributed by atoms with Gasteiger partial charge in [0.25, 0.3) is 0 Å². The van der Waals surface area contributed by atoms with Crippen LogP contribution in [0, 0.1) is 0 Å². The average molecular weight is 305 g/mol. The van der Waals surface area contributed by atoms with Crippen molar-refractivity contribution in [3.63, 3.8) is 0 Å². The number of rotatable bonds is 4. The van der Waals surface area contributed by atoms with Gasteiger partial charge in [0.2, 0.25) is 0 Å². The van der Waals surface area contributed by atoms with Gasteiger partial charge in [0.1, 0.15) is 0 Å². The van der Waals surface area contributed by atoms with Crippen LogP contribution in [-0.4, -0.2) is 27.1 Å². The Morgan fingerprint density at radius 1 is 0.944 bits per heavy atom. The largest absolute Gasteiger partial charge is 0.420 e. The maximum Gasteiger partial charge on any atom is 0.323 e. The zero-order valence-corrected chi connectivity index (χ0v) is 15.4. The lowest BCUT2D eigenvalue weighted by Gasteiger charge is -2.47. The lowest BCUT2D eigenvalue weighted by Crippen LogP contribution is -2.60. The van der Waals surface area contributed by atoms with E-state index in [0.29, 0.717) is 0 Å². The van der Waals surface area contributed by atoms with Gasteiger partial charge in [-0.3, -0.25) is 0 Å². The molecule has 0 spiro atoms. The molecule has 0 aromatic rings. The second-order valence-electron chi connectivity index (χ2n) is 5.55. The van der Waals surface area contributed by atoms with Gasteiger partial charge in [0.05, 0.1) is 0 Å². The smallest absolute Gasteiger partial charge is 0.323 e. The Morgan fingerprint density at radius 3 is 1.94 bits per heavy atom. The van der Waals surface area contributed by atoms with Crippen LogP contribution >= 0.6 is 0 Å². The second-order valence-corrected chi connectivity index (χ2v) is 15.0. The lowest BCUT2D eigenvalue weighted by molar-refractivity contribution is 0.234.